The molecule has 4 rings (SSSR count). The number of hydrogen-bond acceptors (Lipinski definition) is 3. The highest BCUT2D eigenvalue weighted by atomic mass is 15.3. The van der Waals surface area contributed by atoms with Crippen LogP contribution in [0.15, 0.2) is 78.0 Å². The molecule has 0 saturated heterocycles. The summed E-state index contributed by atoms with van der Waals surface area (Å²) in [7, 11) is 0. The fraction of sp³-hybridized carbons (Fsp3) is 0.269. The van der Waals surface area contributed by atoms with Gasteiger partial charge in [0.25, 0.3) is 0 Å². The van der Waals surface area contributed by atoms with Crippen LogP contribution < -0.4 is 10.6 Å². The topological polar surface area (TPSA) is 72.1 Å². The van der Waals surface area contributed by atoms with E-state index in [4.69, 9.17) is 4.99 Å². The number of hydrogen-bond donors (Lipinski definition) is 2. The standard InChI is InChI=1S/C26H31N7/c1-4-27-26(30-18-25-28-14-15-32(25)19-22-10-6-5-7-11-22)29-17-23-12-8-9-13-24(23)33-21(3)16-20(2)31-33/h5-16H,4,17-19H2,1-3H3,(H2,27,29,30). The number of benzene rings is 2. The van der Waals surface area contributed by atoms with Gasteiger partial charge in [-0.25, -0.2) is 14.7 Å². The van der Waals surface area contributed by atoms with Gasteiger partial charge in [-0.3, -0.25) is 0 Å². The second kappa shape index (κ2) is 10.6. The van der Waals surface area contributed by atoms with Gasteiger partial charge >= 0.3 is 0 Å². The van der Waals surface area contributed by atoms with Gasteiger partial charge in [0.1, 0.15) is 5.82 Å². The van der Waals surface area contributed by atoms with E-state index >= 15 is 0 Å². The molecule has 0 spiro atoms. The molecule has 0 atom stereocenters. The van der Waals surface area contributed by atoms with Crippen molar-refractivity contribution in [2.45, 2.75) is 40.4 Å². The van der Waals surface area contributed by atoms with Crippen molar-refractivity contribution in [1.82, 2.24) is 30.0 Å². The van der Waals surface area contributed by atoms with Gasteiger partial charge < -0.3 is 15.2 Å². The Balaban J connectivity index is 1.47. The average molecular weight is 442 g/mol. The molecule has 0 unspecified atom stereocenters. The Bertz CT molecular complexity index is 1200. The van der Waals surface area contributed by atoms with Gasteiger partial charge in [0.2, 0.25) is 0 Å². The van der Waals surface area contributed by atoms with E-state index in [1.54, 1.807) is 0 Å². The van der Waals surface area contributed by atoms with Crippen LogP contribution in [0.4, 0.5) is 0 Å². The smallest absolute Gasteiger partial charge is 0.191 e. The van der Waals surface area contributed by atoms with Crippen LogP contribution in [0.5, 0.6) is 0 Å². The molecule has 0 aliphatic heterocycles. The third-order valence-corrected chi connectivity index (χ3v) is 5.39. The van der Waals surface area contributed by atoms with E-state index in [2.05, 4.69) is 81.6 Å². The summed E-state index contributed by atoms with van der Waals surface area (Å²) >= 11 is 0. The second-order valence-corrected chi connectivity index (χ2v) is 7.97. The summed E-state index contributed by atoms with van der Waals surface area (Å²) in [6.07, 6.45) is 3.85. The lowest BCUT2D eigenvalue weighted by Crippen LogP contribution is -2.37. The van der Waals surface area contributed by atoms with Gasteiger partial charge in [-0.15, -0.1) is 0 Å². The molecule has 7 heteroatoms. The highest BCUT2D eigenvalue weighted by molar-refractivity contribution is 5.79. The first-order valence-corrected chi connectivity index (χ1v) is 11.3. The number of aliphatic imine (C=N–C) groups is 1. The molecule has 33 heavy (non-hydrogen) atoms. The lowest BCUT2D eigenvalue weighted by atomic mass is 10.2. The fourth-order valence-corrected chi connectivity index (χ4v) is 3.82. The molecule has 0 amide bonds. The van der Waals surface area contributed by atoms with E-state index in [1.807, 2.05) is 42.2 Å². The van der Waals surface area contributed by atoms with Crippen LogP contribution in [0.2, 0.25) is 0 Å². The predicted octanol–water partition coefficient (Wildman–Crippen LogP) is 3.99. The highest BCUT2D eigenvalue weighted by Gasteiger charge is 2.09. The Labute approximate surface area is 195 Å². The largest absolute Gasteiger partial charge is 0.357 e. The zero-order valence-electron chi connectivity index (χ0n) is 19.5. The summed E-state index contributed by atoms with van der Waals surface area (Å²) in [5, 5.41) is 11.4. The zero-order chi connectivity index (χ0) is 23.0. The molecule has 4 aromatic rings. The van der Waals surface area contributed by atoms with Crippen molar-refractivity contribution in [3.63, 3.8) is 0 Å². The normalized spacial score (nSPS) is 11.5. The molecule has 7 nitrogen and oxygen atoms in total. The molecule has 0 radical (unpaired) electrons. The molecular formula is C26H31N7. The van der Waals surface area contributed by atoms with Crippen molar-refractivity contribution in [3.8, 4) is 5.69 Å². The molecule has 0 fully saturated rings. The summed E-state index contributed by atoms with van der Waals surface area (Å²) in [4.78, 5) is 9.37. The Morgan fingerprint density at radius 1 is 1.00 bits per heavy atom. The molecule has 2 heterocycles. The molecule has 0 saturated carbocycles. The van der Waals surface area contributed by atoms with E-state index in [1.165, 1.54) is 5.56 Å². The first-order chi connectivity index (χ1) is 16.1. The van der Waals surface area contributed by atoms with Crippen LogP contribution in [0.3, 0.4) is 0 Å². The lowest BCUT2D eigenvalue weighted by molar-refractivity contribution is 0.688. The average Bonchev–Trinajstić information content (AvgIpc) is 3.41. The summed E-state index contributed by atoms with van der Waals surface area (Å²) in [5.74, 6) is 1.72. The summed E-state index contributed by atoms with van der Waals surface area (Å²) in [6.45, 7) is 8.86. The first-order valence-electron chi connectivity index (χ1n) is 11.3. The number of imidazole rings is 1. The number of rotatable bonds is 8. The second-order valence-electron chi connectivity index (χ2n) is 7.97. The van der Waals surface area contributed by atoms with Crippen molar-refractivity contribution >= 4 is 5.96 Å². The maximum absolute atomic E-state index is 4.84. The monoisotopic (exact) mass is 441 g/mol. The van der Waals surface area contributed by atoms with Crippen LogP contribution in [0.25, 0.3) is 5.69 Å². The minimum Gasteiger partial charge on any atom is -0.357 e. The van der Waals surface area contributed by atoms with Gasteiger partial charge in [-0.05, 0) is 44.0 Å². The molecule has 0 aliphatic carbocycles. The van der Waals surface area contributed by atoms with Crippen LogP contribution in [0.1, 0.15) is 35.3 Å². The number of nitrogens with zero attached hydrogens (tertiary/aromatic N) is 5. The minimum atomic E-state index is 0.544. The molecule has 2 N–H and O–H groups in total. The number of guanidine groups is 1. The van der Waals surface area contributed by atoms with E-state index in [-0.39, 0.29) is 0 Å². The van der Waals surface area contributed by atoms with Gasteiger partial charge in [-0.1, -0.05) is 48.5 Å². The Morgan fingerprint density at radius 3 is 2.55 bits per heavy atom. The fourth-order valence-electron chi connectivity index (χ4n) is 3.82. The molecule has 2 aromatic heterocycles. The Kier molecular flexibility index (Phi) is 7.19. The maximum Gasteiger partial charge on any atom is 0.191 e. The van der Waals surface area contributed by atoms with Crippen LogP contribution >= 0.6 is 0 Å². The van der Waals surface area contributed by atoms with Crippen LogP contribution in [0, 0.1) is 13.8 Å². The van der Waals surface area contributed by atoms with E-state index in [9.17, 15) is 0 Å². The highest BCUT2D eigenvalue weighted by Crippen LogP contribution is 2.18. The van der Waals surface area contributed by atoms with Gasteiger partial charge in [0.05, 0.1) is 24.5 Å². The van der Waals surface area contributed by atoms with Crippen molar-refractivity contribution in [1.29, 1.82) is 0 Å². The van der Waals surface area contributed by atoms with Crippen molar-refractivity contribution < 1.29 is 0 Å². The van der Waals surface area contributed by atoms with Gasteiger partial charge in [-0.2, -0.15) is 5.10 Å². The minimum absolute atomic E-state index is 0.544. The third-order valence-electron chi connectivity index (χ3n) is 5.39. The number of aromatic nitrogens is 4. The van der Waals surface area contributed by atoms with Crippen molar-refractivity contribution in [2.75, 3.05) is 6.54 Å². The summed E-state index contributed by atoms with van der Waals surface area (Å²) < 4.78 is 4.14. The number of aryl methyl sites for hydroxylation is 2. The third kappa shape index (κ3) is 5.68. The van der Waals surface area contributed by atoms with Crippen molar-refractivity contribution in [2.24, 2.45) is 4.99 Å². The van der Waals surface area contributed by atoms with Crippen LogP contribution in [-0.4, -0.2) is 31.8 Å². The SMILES string of the molecule is CCNC(=NCc1ccccc1-n1nc(C)cc1C)NCc1nccn1Cc1ccccc1. The Hall–Kier alpha value is -3.87. The predicted molar refractivity (Wildman–Crippen MR) is 132 cm³/mol. The van der Waals surface area contributed by atoms with E-state index in [0.717, 1.165) is 47.5 Å². The van der Waals surface area contributed by atoms with Crippen LogP contribution in [-0.2, 0) is 19.6 Å². The molecule has 0 bridgehead atoms. The molecular weight excluding hydrogens is 410 g/mol. The van der Waals surface area contributed by atoms with E-state index in [0.29, 0.717) is 13.1 Å². The molecule has 2 aromatic carbocycles. The first kappa shape index (κ1) is 22.3. The number of nitrogens with one attached hydrogen (secondary N) is 2. The summed E-state index contributed by atoms with van der Waals surface area (Å²) in [6, 6.07) is 20.8. The van der Waals surface area contributed by atoms with Gasteiger partial charge in [0.15, 0.2) is 5.96 Å². The molecule has 170 valence electrons. The maximum atomic E-state index is 4.84. The van der Waals surface area contributed by atoms with E-state index < -0.39 is 0 Å². The van der Waals surface area contributed by atoms with Crippen molar-refractivity contribution in [3.05, 3.63) is 101 Å². The summed E-state index contributed by atoms with van der Waals surface area (Å²) in [5.41, 5.74) is 5.54. The quantitative estimate of drug-likeness (QED) is 0.320. The Morgan fingerprint density at radius 2 is 1.79 bits per heavy atom. The zero-order valence-corrected chi connectivity index (χ0v) is 19.5. The number of para-hydroxylation sites is 1. The van der Waals surface area contributed by atoms with Gasteiger partial charge in [0, 0.05) is 31.2 Å². The lowest BCUT2D eigenvalue weighted by Gasteiger charge is -2.14. The molecule has 0 aliphatic rings.